The van der Waals surface area contributed by atoms with E-state index in [9.17, 15) is 4.79 Å². The number of hydrogen-bond acceptors (Lipinski definition) is 8. The van der Waals surface area contributed by atoms with E-state index in [2.05, 4.69) is 58.9 Å². The third-order valence-electron chi connectivity index (χ3n) is 8.48. The Kier molecular flexibility index (Phi) is 9.89. The van der Waals surface area contributed by atoms with Gasteiger partial charge in [0.05, 0.1) is 28.7 Å². The molecule has 5 aromatic rings. The summed E-state index contributed by atoms with van der Waals surface area (Å²) < 4.78 is 21.8. The molecule has 3 aromatic heterocycles. The van der Waals surface area contributed by atoms with Crippen molar-refractivity contribution in [1.82, 2.24) is 29.2 Å². The van der Waals surface area contributed by atoms with Crippen molar-refractivity contribution in [2.45, 2.75) is 91.8 Å². The molecule has 248 valence electrons. The summed E-state index contributed by atoms with van der Waals surface area (Å²) in [7, 11) is 0. The number of aryl methyl sites for hydroxylation is 1. The number of nitrogens with zero attached hydrogens (tertiary/aromatic N) is 6. The summed E-state index contributed by atoms with van der Waals surface area (Å²) in [6.45, 7) is 14.7. The molecular weight excluding hydrogens is 592 g/mol. The average molecular weight is 639 g/mol. The molecule has 10 nitrogen and oxygen atoms in total. The van der Waals surface area contributed by atoms with Crippen LogP contribution < -0.4 is 4.74 Å². The van der Waals surface area contributed by atoms with Crippen LogP contribution in [-0.4, -0.2) is 60.5 Å². The van der Waals surface area contributed by atoms with Gasteiger partial charge in [0.15, 0.2) is 0 Å². The molecule has 6 rings (SSSR count). The molecule has 0 bridgehead atoms. The molecule has 0 saturated carbocycles. The van der Waals surface area contributed by atoms with E-state index in [1.165, 1.54) is 0 Å². The molecule has 47 heavy (non-hydrogen) atoms. The minimum atomic E-state index is -0.562. The molecule has 2 aromatic carbocycles. The van der Waals surface area contributed by atoms with Crippen molar-refractivity contribution in [2.24, 2.45) is 0 Å². The van der Waals surface area contributed by atoms with Crippen LogP contribution in [0.1, 0.15) is 87.2 Å². The number of hydrogen-bond donors (Lipinski definition) is 0. The molecule has 1 fully saturated rings. The first-order chi connectivity index (χ1) is 22.7. The third kappa shape index (κ3) is 8.00. The van der Waals surface area contributed by atoms with E-state index in [-0.39, 0.29) is 5.97 Å². The van der Waals surface area contributed by atoms with E-state index in [0.29, 0.717) is 43.9 Å². The highest BCUT2D eigenvalue weighted by Crippen LogP contribution is 2.30. The fourth-order valence-electron chi connectivity index (χ4n) is 6.05. The quantitative estimate of drug-likeness (QED) is 0.106. The highest BCUT2D eigenvalue weighted by Gasteiger charge is 2.25. The number of piperidine rings is 1. The maximum atomic E-state index is 12.8. The average Bonchev–Trinajstić information content (AvgIpc) is 3.63. The lowest BCUT2D eigenvalue weighted by atomic mass is 9.93. The number of carbonyl (C=O) groups excluding carboxylic acids is 1. The van der Waals surface area contributed by atoms with Gasteiger partial charge in [0.25, 0.3) is 0 Å². The lowest BCUT2D eigenvalue weighted by Gasteiger charge is -2.31. The Morgan fingerprint density at radius 1 is 0.979 bits per heavy atom. The second kappa shape index (κ2) is 14.2. The van der Waals surface area contributed by atoms with Crippen LogP contribution in [0, 0.1) is 0 Å². The smallest absolute Gasteiger partial charge is 0.338 e. The standard InChI is InChI=1S/C37H46N6O4/c1-6-19-45-25-43-33-21-28(36(44)47-37(3,4)5)13-14-31(33)38-34(43)23-41-17-15-27(16-18-41)30-9-8-10-35(39-30)46-24-26-11-12-29-22-42(7-2)40-32(29)20-26/h8-14,20-22,27H,6-7,15-19,23-25H2,1-5H3. The van der Waals surface area contributed by atoms with Crippen LogP contribution >= 0.6 is 0 Å². The number of pyridine rings is 1. The normalized spacial score (nSPS) is 14.7. The van der Waals surface area contributed by atoms with Crippen LogP contribution in [0.4, 0.5) is 0 Å². The SMILES string of the molecule is CCCOCn1c(CN2CCC(c3cccc(OCc4ccc5cn(CC)nc5c4)n3)CC2)nc2ccc(C(=O)OC(C)(C)C)cc21. The van der Waals surface area contributed by atoms with Crippen molar-refractivity contribution in [3.05, 3.63) is 83.4 Å². The summed E-state index contributed by atoms with van der Waals surface area (Å²) >= 11 is 0. The Bertz CT molecular complexity index is 1830. The molecule has 1 saturated heterocycles. The summed E-state index contributed by atoms with van der Waals surface area (Å²) in [4.78, 5) is 25.1. The number of benzene rings is 2. The van der Waals surface area contributed by atoms with Crippen LogP contribution in [-0.2, 0) is 35.9 Å². The van der Waals surface area contributed by atoms with Gasteiger partial charge in [0.2, 0.25) is 5.88 Å². The number of aromatic nitrogens is 5. The van der Waals surface area contributed by atoms with Gasteiger partial charge in [-0.15, -0.1) is 0 Å². The first-order valence-electron chi connectivity index (χ1n) is 16.8. The van der Waals surface area contributed by atoms with Crippen LogP contribution in [0.15, 0.2) is 60.8 Å². The van der Waals surface area contributed by atoms with Gasteiger partial charge in [-0.2, -0.15) is 5.10 Å². The number of ether oxygens (including phenoxy) is 3. The Balaban J connectivity index is 1.09. The molecule has 0 spiro atoms. The van der Waals surface area contributed by atoms with Crippen molar-refractivity contribution >= 4 is 27.9 Å². The van der Waals surface area contributed by atoms with Crippen LogP contribution in [0.3, 0.4) is 0 Å². The van der Waals surface area contributed by atoms with Crippen molar-refractivity contribution in [3.63, 3.8) is 0 Å². The van der Waals surface area contributed by atoms with Crippen molar-refractivity contribution < 1.29 is 19.0 Å². The zero-order valence-electron chi connectivity index (χ0n) is 28.2. The molecular formula is C37H46N6O4. The monoisotopic (exact) mass is 638 g/mol. The highest BCUT2D eigenvalue weighted by molar-refractivity contribution is 5.94. The molecule has 4 heterocycles. The van der Waals surface area contributed by atoms with Gasteiger partial charge in [-0.05, 0) is 95.9 Å². The lowest BCUT2D eigenvalue weighted by molar-refractivity contribution is 0.00695. The van der Waals surface area contributed by atoms with Gasteiger partial charge in [0, 0.05) is 42.4 Å². The van der Waals surface area contributed by atoms with Gasteiger partial charge in [0.1, 0.15) is 24.8 Å². The Hall–Kier alpha value is -4.28. The van der Waals surface area contributed by atoms with Crippen molar-refractivity contribution in [2.75, 3.05) is 19.7 Å². The molecule has 1 aliphatic rings. The summed E-state index contributed by atoms with van der Waals surface area (Å²) in [5, 5.41) is 5.76. The second-order valence-corrected chi connectivity index (χ2v) is 13.3. The molecule has 0 radical (unpaired) electrons. The van der Waals surface area contributed by atoms with Crippen LogP contribution in [0.25, 0.3) is 21.9 Å². The minimum Gasteiger partial charge on any atom is -0.473 e. The summed E-state index contributed by atoms with van der Waals surface area (Å²) in [5.74, 6) is 1.61. The summed E-state index contributed by atoms with van der Waals surface area (Å²) in [6, 6.07) is 17.9. The maximum absolute atomic E-state index is 12.8. The highest BCUT2D eigenvalue weighted by atomic mass is 16.6. The topological polar surface area (TPSA) is 96.5 Å². The first kappa shape index (κ1) is 32.7. The van der Waals surface area contributed by atoms with E-state index in [1.54, 1.807) is 6.07 Å². The van der Waals surface area contributed by atoms with Gasteiger partial charge in [-0.25, -0.2) is 14.8 Å². The molecule has 10 heteroatoms. The van der Waals surface area contributed by atoms with Gasteiger partial charge in [-0.3, -0.25) is 9.58 Å². The lowest BCUT2D eigenvalue weighted by Crippen LogP contribution is -2.33. The third-order valence-corrected chi connectivity index (χ3v) is 8.48. The number of likely N-dealkylation sites (tertiary alicyclic amines) is 1. The van der Waals surface area contributed by atoms with Gasteiger partial charge < -0.3 is 18.8 Å². The van der Waals surface area contributed by atoms with E-state index >= 15 is 0 Å². The number of esters is 1. The summed E-state index contributed by atoms with van der Waals surface area (Å²) in [6.07, 6.45) is 5.00. The first-order valence-corrected chi connectivity index (χ1v) is 16.8. The second-order valence-electron chi connectivity index (χ2n) is 13.3. The summed E-state index contributed by atoms with van der Waals surface area (Å²) in [5.41, 5.74) is 4.81. The van der Waals surface area contributed by atoms with Crippen LogP contribution in [0.2, 0.25) is 0 Å². The molecule has 0 unspecified atom stereocenters. The number of imidazole rings is 1. The van der Waals surface area contributed by atoms with Gasteiger partial charge >= 0.3 is 5.97 Å². The largest absolute Gasteiger partial charge is 0.473 e. The number of rotatable bonds is 12. The van der Waals surface area contributed by atoms with Gasteiger partial charge in [-0.1, -0.05) is 25.1 Å². The Labute approximate surface area is 276 Å². The molecule has 1 aliphatic heterocycles. The number of fused-ring (bicyclic) bond motifs is 2. The number of carbonyl (C=O) groups is 1. The molecule has 0 amide bonds. The molecule has 0 aliphatic carbocycles. The minimum absolute atomic E-state index is 0.338. The molecule has 0 atom stereocenters. The van der Waals surface area contributed by atoms with E-state index in [1.807, 2.05) is 49.7 Å². The predicted molar refractivity (Wildman–Crippen MR) is 182 cm³/mol. The Morgan fingerprint density at radius 2 is 1.81 bits per heavy atom. The van der Waals surface area contributed by atoms with E-state index in [4.69, 9.17) is 24.2 Å². The predicted octanol–water partition coefficient (Wildman–Crippen LogP) is 7.10. The Morgan fingerprint density at radius 3 is 2.57 bits per heavy atom. The molecule has 0 N–H and O–H groups in total. The van der Waals surface area contributed by atoms with E-state index < -0.39 is 5.60 Å². The zero-order valence-corrected chi connectivity index (χ0v) is 28.2. The fourth-order valence-corrected chi connectivity index (χ4v) is 6.05. The van der Waals surface area contributed by atoms with E-state index in [0.717, 1.165) is 77.9 Å². The fraction of sp³-hybridized carbons (Fsp3) is 0.459. The zero-order chi connectivity index (χ0) is 33.0. The maximum Gasteiger partial charge on any atom is 0.338 e. The van der Waals surface area contributed by atoms with Crippen LogP contribution in [0.5, 0.6) is 5.88 Å². The van der Waals surface area contributed by atoms with Crippen molar-refractivity contribution in [1.29, 1.82) is 0 Å². The van der Waals surface area contributed by atoms with Crippen molar-refractivity contribution in [3.8, 4) is 5.88 Å².